The van der Waals surface area contributed by atoms with Crippen LogP contribution >= 0.6 is 11.3 Å². The van der Waals surface area contributed by atoms with Crippen LogP contribution in [0.3, 0.4) is 0 Å². The largest absolute Gasteiger partial charge is 0.496 e. The predicted octanol–water partition coefficient (Wildman–Crippen LogP) is 3.97. The summed E-state index contributed by atoms with van der Waals surface area (Å²) in [6, 6.07) is 9.96. The molecule has 3 aromatic rings. The van der Waals surface area contributed by atoms with E-state index in [9.17, 15) is 0 Å². The van der Waals surface area contributed by atoms with Crippen LogP contribution in [-0.4, -0.2) is 12.3 Å². The summed E-state index contributed by atoms with van der Waals surface area (Å²) < 4.78 is 10.6. The number of anilines is 1. The van der Waals surface area contributed by atoms with Gasteiger partial charge < -0.3 is 15.0 Å². The molecular weight excluding hydrogens is 272 g/mol. The number of methoxy groups -OCH3 is 1. The molecule has 0 unspecified atom stereocenters. The molecule has 3 rings (SSSR count). The summed E-state index contributed by atoms with van der Waals surface area (Å²) in [5, 5.41) is 5.84. The predicted molar refractivity (Wildman–Crippen MR) is 81.0 cm³/mol. The van der Waals surface area contributed by atoms with Crippen LogP contribution in [0.4, 0.5) is 5.82 Å². The zero-order valence-corrected chi connectivity index (χ0v) is 12.0. The lowest BCUT2D eigenvalue weighted by Crippen LogP contribution is -1.90. The first-order valence-electron chi connectivity index (χ1n) is 6.14. The van der Waals surface area contributed by atoms with E-state index in [1.165, 1.54) is 0 Å². The van der Waals surface area contributed by atoms with E-state index in [1.54, 1.807) is 18.4 Å². The lowest BCUT2D eigenvalue weighted by atomic mass is 10.00. The number of aromatic nitrogens is 1. The first-order chi connectivity index (χ1) is 9.70. The standard InChI is InChI=1S/C15H14N2O2S/c1-9-5-3-4-6-11(9)13-14(19-17-15(13)16)12-7-10(18-2)8-20-12/h3-8H,1-2H3,(H2,16,17). The third kappa shape index (κ3) is 2.06. The molecule has 0 bridgehead atoms. The zero-order chi connectivity index (χ0) is 14.1. The second kappa shape index (κ2) is 5.02. The smallest absolute Gasteiger partial charge is 0.186 e. The van der Waals surface area contributed by atoms with E-state index in [0.717, 1.165) is 27.3 Å². The highest BCUT2D eigenvalue weighted by Gasteiger charge is 2.20. The minimum Gasteiger partial charge on any atom is -0.496 e. The molecule has 0 aliphatic heterocycles. The van der Waals surface area contributed by atoms with Gasteiger partial charge in [0, 0.05) is 11.4 Å². The summed E-state index contributed by atoms with van der Waals surface area (Å²) >= 11 is 1.54. The van der Waals surface area contributed by atoms with Crippen LogP contribution in [-0.2, 0) is 0 Å². The number of nitrogen functional groups attached to an aromatic ring is 1. The van der Waals surface area contributed by atoms with Gasteiger partial charge >= 0.3 is 0 Å². The molecule has 1 aromatic carbocycles. The molecular formula is C15H14N2O2S. The SMILES string of the molecule is COc1csc(-c2onc(N)c2-c2ccccc2C)c1. The fourth-order valence-electron chi connectivity index (χ4n) is 2.13. The number of ether oxygens (including phenoxy) is 1. The number of hydrogen-bond donors (Lipinski definition) is 1. The van der Waals surface area contributed by atoms with Crippen LogP contribution < -0.4 is 10.5 Å². The number of rotatable bonds is 3. The van der Waals surface area contributed by atoms with Crippen molar-refractivity contribution in [2.45, 2.75) is 6.92 Å². The van der Waals surface area contributed by atoms with E-state index in [0.29, 0.717) is 11.6 Å². The molecule has 0 radical (unpaired) electrons. The van der Waals surface area contributed by atoms with Crippen LogP contribution in [0.2, 0.25) is 0 Å². The Morgan fingerprint density at radius 2 is 2.10 bits per heavy atom. The molecule has 0 aliphatic carbocycles. The van der Waals surface area contributed by atoms with E-state index in [-0.39, 0.29) is 0 Å². The van der Waals surface area contributed by atoms with Gasteiger partial charge in [0.25, 0.3) is 0 Å². The van der Waals surface area contributed by atoms with Gasteiger partial charge in [-0.3, -0.25) is 0 Å². The van der Waals surface area contributed by atoms with Crippen molar-refractivity contribution >= 4 is 17.2 Å². The topological polar surface area (TPSA) is 61.3 Å². The second-order valence-electron chi connectivity index (χ2n) is 4.44. The Labute approximate surface area is 120 Å². The molecule has 0 saturated carbocycles. The fourth-order valence-corrected chi connectivity index (χ4v) is 2.97. The Morgan fingerprint density at radius 3 is 2.80 bits per heavy atom. The maximum Gasteiger partial charge on any atom is 0.186 e. The van der Waals surface area contributed by atoms with Crippen molar-refractivity contribution in [2.24, 2.45) is 0 Å². The van der Waals surface area contributed by atoms with E-state index in [4.69, 9.17) is 15.0 Å². The quantitative estimate of drug-likeness (QED) is 0.791. The second-order valence-corrected chi connectivity index (χ2v) is 5.35. The molecule has 20 heavy (non-hydrogen) atoms. The van der Waals surface area contributed by atoms with Crippen molar-refractivity contribution in [3.05, 3.63) is 41.3 Å². The Kier molecular flexibility index (Phi) is 3.20. The number of benzene rings is 1. The molecule has 4 nitrogen and oxygen atoms in total. The van der Waals surface area contributed by atoms with Crippen molar-refractivity contribution < 1.29 is 9.26 Å². The third-order valence-electron chi connectivity index (χ3n) is 3.17. The summed E-state index contributed by atoms with van der Waals surface area (Å²) in [5.74, 6) is 1.89. The Bertz CT molecular complexity index is 746. The third-order valence-corrected chi connectivity index (χ3v) is 4.08. The highest BCUT2D eigenvalue weighted by atomic mass is 32.1. The van der Waals surface area contributed by atoms with Crippen LogP contribution in [0, 0.1) is 6.92 Å². The van der Waals surface area contributed by atoms with Gasteiger partial charge in [0.05, 0.1) is 17.6 Å². The summed E-state index contributed by atoms with van der Waals surface area (Å²) in [6.07, 6.45) is 0. The summed E-state index contributed by atoms with van der Waals surface area (Å²) in [4.78, 5) is 0.948. The van der Waals surface area contributed by atoms with Gasteiger partial charge in [-0.15, -0.1) is 11.3 Å². The monoisotopic (exact) mass is 286 g/mol. The maximum absolute atomic E-state index is 5.99. The lowest BCUT2D eigenvalue weighted by molar-refractivity contribution is 0.416. The summed E-state index contributed by atoms with van der Waals surface area (Å²) in [6.45, 7) is 2.04. The Balaban J connectivity index is 2.17. The molecule has 0 atom stereocenters. The normalized spacial score (nSPS) is 10.7. The molecule has 102 valence electrons. The van der Waals surface area contributed by atoms with Crippen molar-refractivity contribution in [1.82, 2.24) is 5.16 Å². The summed E-state index contributed by atoms with van der Waals surface area (Å²) in [5.41, 5.74) is 9.00. The van der Waals surface area contributed by atoms with Gasteiger partial charge in [0.15, 0.2) is 11.6 Å². The van der Waals surface area contributed by atoms with Crippen LogP contribution in [0.25, 0.3) is 21.8 Å². The highest BCUT2D eigenvalue weighted by Crippen LogP contribution is 2.41. The van der Waals surface area contributed by atoms with Crippen molar-refractivity contribution in [1.29, 1.82) is 0 Å². The van der Waals surface area contributed by atoms with E-state index in [1.807, 2.05) is 42.6 Å². The van der Waals surface area contributed by atoms with Crippen LogP contribution in [0.1, 0.15) is 5.56 Å². The van der Waals surface area contributed by atoms with Gasteiger partial charge in [-0.25, -0.2) is 0 Å². The van der Waals surface area contributed by atoms with Crippen LogP contribution in [0.15, 0.2) is 40.2 Å². The molecule has 2 heterocycles. The minimum absolute atomic E-state index is 0.404. The minimum atomic E-state index is 0.404. The molecule has 2 aromatic heterocycles. The number of thiophene rings is 1. The lowest BCUT2D eigenvalue weighted by Gasteiger charge is -2.04. The maximum atomic E-state index is 5.99. The fraction of sp³-hybridized carbons (Fsp3) is 0.133. The molecule has 0 saturated heterocycles. The molecule has 0 aliphatic rings. The van der Waals surface area contributed by atoms with Crippen molar-refractivity contribution in [3.63, 3.8) is 0 Å². The van der Waals surface area contributed by atoms with Crippen LogP contribution in [0.5, 0.6) is 5.75 Å². The van der Waals surface area contributed by atoms with Crippen molar-refractivity contribution in [2.75, 3.05) is 12.8 Å². The van der Waals surface area contributed by atoms with E-state index >= 15 is 0 Å². The van der Waals surface area contributed by atoms with Gasteiger partial charge in [-0.1, -0.05) is 29.4 Å². The Morgan fingerprint density at radius 1 is 1.30 bits per heavy atom. The number of nitrogens with two attached hydrogens (primary N) is 1. The molecule has 0 amide bonds. The van der Waals surface area contributed by atoms with E-state index in [2.05, 4.69) is 5.16 Å². The van der Waals surface area contributed by atoms with Gasteiger partial charge in [-0.05, 0) is 18.1 Å². The van der Waals surface area contributed by atoms with Gasteiger partial charge in [-0.2, -0.15) is 0 Å². The average molecular weight is 286 g/mol. The summed E-state index contributed by atoms with van der Waals surface area (Å²) in [7, 11) is 1.64. The first-order valence-corrected chi connectivity index (χ1v) is 7.02. The number of hydrogen-bond acceptors (Lipinski definition) is 5. The zero-order valence-electron chi connectivity index (χ0n) is 11.2. The van der Waals surface area contributed by atoms with Gasteiger partial charge in [0.1, 0.15) is 5.75 Å². The Hall–Kier alpha value is -2.27. The van der Waals surface area contributed by atoms with Crippen molar-refractivity contribution in [3.8, 4) is 27.5 Å². The number of aryl methyl sites for hydroxylation is 1. The van der Waals surface area contributed by atoms with E-state index < -0.39 is 0 Å². The number of nitrogens with zero attached hydrogens (tertiary/aromatic N) is 1. The van der Waals surface area contributed by atoms with Gasteiger partial charge in [0.2, 0.25) is 0 Å². The molecule has 0 spiro atoms. The molecule has 5 heteroatoms. The molecule has 2 N–H and O–H groups in total. The molecule has 0 fully saturated rings. The highest BCUT2D eigenvalue weighted by molar-refractivity contribution is 7.13. The first kappa shape index (κ1) is 12.7. The average Bonchev–Trinajstić information content (AvgIpc) is 3.06.